The number of rotatable bonds is 3. The monoisotopic (exact) mass is 274 g/mol. The largest absolute Gasteiger partial charge is 0.478 e. The van der Waals surface area contributed by atoms with Gasteiger partial charge >= 0.3 is 5.97 Å². The molecule has 1 aliphatic heterocycles. The molecule has 1 saturated heterocycles. The van der Waals surface area contributed by atoms with E-state index in [1.807, 2.05) is 13.0 Å². The van der Waals surface area contributed by atoms with Crippen molar-refractivity contribution < 1.29 is 14.6 Å². The van der Waals surface area contributed by atoms with Gasteiger partial charge in [0.25, 0.3) is 0 Å². The zero-order valence-corrected chi connectivity index (χ0v) is 11.5. The zero-order valence-electron chi connectivity index (χ0n) is 11.5. The molecule has 106 valence electrons. The Labute approximate surface area is 117 Å². The molecule has 2 heterocycles. The lowest BCUT2D eigenvalue weighted by Crippen LogP contribution is -2.35. The summed E-state index contributed by atoms with van der Waals surface area (Å²) < 4.78 is 5.34. The van der Waals surface area contributed by atoms with Gasteiger partial charge in [-0.3, -0.25) is 4.90 Å². The van der Waals surface area contributed by atoms with E-state index in [2.05, 4.69) is 16.0 Å². The third kappa shape index (κ3) is 2.55. The number of aromatic nitrogens is 1. The van der Waals surface area contributed by atoms with Crippen LogP contribution in [0.5, 0.6) is 0 Å². The summed E-state index contributed by atoms with van der Waals surface area (Å²) in [6.45, 7) is 6.12. The van der Waals surface area contributed by atoms with Crippen LogP contribution in [0.25, 0.3) is 10.9 Å². The molecule has 2 aromatic rings. The lowest BCUT2D eigenvalue weighted by atomic mass is 10.1. The lowest BCUT2D eigenvalue weighted by molar-refractivity contribution is 0.0337. The second-order valence-electron chi connectivity index (χ2n) is 5.24. The third-order valence-electron chi connectivity index (χ3n) is 3.75. The standard InChI is InChI=1S/C15H18N2O3/c1-10-6-11-7-12(9-17-2-4-20-5-3-17)16-14(11)8-13(10)15(18)19/h6-8,16H,2-5,9H2,1H3,(H,18,19). The first kappa shape index (κ1) is 13.1. The summed E-state index contributed by atoms with van der Waals surface area (Å²) in [7, 11) is 0. The molecular weight excluding hydrogens is 256 g/mol. The molecule has 1 fully saturated rings. The second kappa shape index (κ2) is 5.26. The number of morpholine rings is 1. The summed E-state index contributed by atoms with van der Waals surface area (Å²) in [6, 6.07) is 5.75. The van der Waals surface area contributed by atoms with E-state index < -0.39 is 5.97 Å². The van der Waals surface area contributed by atoms with Crippen molar-refractivity contribution in [2.75, 3.05) is 26.3 Å². The van der Waals surface area contributed by atoms with Gasteiger partial charge in [-0.2, -0.15) is 0 Å². The number of fused-ring (bicyclic) bond motifs is 1. The predicted molar refractivity (Wildman–Crippen MR) is 76.1 cm³/mol. The molecule has 1 aliphatic rings. The van der Waals surface area contributed by atoms with Crippen LogP contribution in [0.1, 0.15) is 21.6 Å². The number of aromatic carboxylic acids is 1. The van der Waals surface area contributed by atoms with Crippen LogP contribution in [0.15, 0.2) is 18.2 Å². The number of aryl methyl sites for hydroxylation is 1. The van der Waals surface area contributed by atoms with Gasteiger partial charge < -0.3 is 14.8 Å². The smallest absolute Gasteiger partial charge is 0.336 e. The molecular formula is C15H18N2O3. The Morgan fingerprint density at radius 2 is 2.10 bits per heavy atom. The van der Waals surface area contributed by atoms with Crippen molar-refractivity contribution in [3.05, 3.63) is 35.0 Å². The molecule has 0 unspecified atom stereocenters. The number of nitrogens with zero attached hydrogens (tertiary/aromatic N) is 1. The average molecular weight is 274 g/mol. The summed E-state index contributed by atoms with van der Waals surface area (Å²) in [4.78, 5) is 16.8. The summed E-state index contributed by atoms with van der Waals surface area (Å²) in [5.41, 5.74) is 3.15. The Kier molecular flexibility index (Phi) is 3.46. The number of nitrogens with one attached hydrogen (secondary N) is 1. The van der Waals surface area contributed by atoms with Crippen LogP contribution < -0.4 is 0 Å². The van der Waals surface area contributed by atoms with Crippen LogP contribution >= 0.6 is 0 Å². The molecule has 3 rings (SSSR count). The van der Waals surface area contributed by atoms with E-state index >= 15 is 0 Å². The highest BCUT2D eigenvalue weighted by Gasteiger charge is 2.14. The molecule has 5 heteroatoms. The van der Waals surface area contributed by atoms with Gasteiger partial charge in [-0.25, -0.2) is 4.79 Å². The molecule has 0 spiro atoms. The minimum absolute atomic E-state index is 0.359. The first-order chi connectivity index (χ1) is 9.63. The van der Waals surface area contributed by atoms with Gasteiger partial charge in [-0.05, 0) is 30.7 Å². The summed E-state index contributed by atoms with van der Waals surface area (Å²) >= 11 is 0. The van der Waals surface area contributed by atoms with Gasteiger partial charge in [0, 0.05) is 36.2 Å². The van der Waals surface area contributed by atoms with Crippen LogP contribution in [-0.2, 0) is 11.3 Å². The highest BCUT2D eigenvalue weighted by Crippen LogP contribution is 2.21. The van der Waals surface area contributed by atoms with Crippen molar-refractivity contribution in [1.82, 2.24) is 9.88 Å². The Bertz CT molecular complexity index is 642. The fourth-order valence-electron chi connectivity index (χ4n) is 2.67. The number of hydrogen-bond donors (Lipinski definition) is 2. The van der Waals surface area contributed by atoms with Crippen molar-refractivity contribution in [1.29, 1.82) is 0 Å². The second-order valence-corrected chi connectivity index (χ2v) is 5.24. The SMILES string of the molecule is Cc1cc2cc(CN3CCOCC3)[nH]c2cc1C(=O)O. The third-order valence-corrected chi connectivity index (χ3v) is 3.75. The molecule has 0 aliphatic carbocycles. The number of benzene rings is 1. The molecule has 0 atom stereocenters. The van der Waals surface area contributed by atoms with E-state index in [4.69, 9.17) is 9.84 Å². The van der Waals surface area contributed by atoms with Gasteiger partial charge in [0.2, 0.25) is 0 Å². The van der Waals surface area contributed by atoms with E-state index in [1.54, 1.807) is 6.07 Å². The number of carboxylic acids is 1. The summed E-state index contributed by atoms with van der Waals surface area (Å²) in [6.07, 6.45) is 0. The molecule has 2 N–H and O–H groups in total. The normalized spacial score (nSPS) is 16.6. The Morgan fingerprint density at radius 3 is 2.80 bits per heavy atom. The van der Waals surface area contributed by atoms with Crippen molar-refractivity contribution in [2.45, 2.75) is 13.5 Å². The van der Waals surface area contributed by atoms with Crippen LogP contribution in [0.3, 0.4) is 0 Å². The van der Waals surface area contributed by atoms with E-state index in [1.165, 1.54) is 0 Å². The molecule has 0 amide bonds. The van der Waals surface area contributed by atoms with E-state index in [-0.39, 0.29) is 0 Å². The number of hydrogen-bond acceptors (Lipinski definition) is 3. The fraction of sp³-hybridized carbons (Fsp3) is 0.400. The molecule has 0 saturated carbocycles. The van der Waals surface area contributed by atoms with Crippen molar-refractivity contribution in [3.63, 3.8) is 0 Å². The topological polar surface area (TPSA) is 65.6 Å². The maximum atomic E-state index is 11.2. The van der Waals surface area contributed by atoms with Gasteiger partial charge in [0.1, 0.15) is 0 Å². The van der Waals surface area contributed by atoms with Crippen LogP contribution in [-0.4, -0.2) is 47.3 Å². The van der Waals surface area contributed by atoms with Crippen molar-refractivity contribution in [2.24, 2.45) is 0 Å². The Hall–Kier alpha value is -1.85. The Morgan fingerprint density at radius 1 is 1.35 bits per heavy atom. The fourth-order valence-corrected chi connectivity index (χ4v) is 2.67. The van der Waals surface area contributed by atoms with E-state index in [9.17, 15) is 4.79 Å². The first-order valence-corrected chi connectivity index (χ1v) is 6.79. The van der Waals surface area contributed by atoms with Crippen LogP contribution in [0.2, 0.25) is 0 Å². The number of H-pyrrole nitrogens is 1. The molecule has 5 nitrogen and oxygen atoms in total. The molecule has 20 heavy (non-hydrogen) atoms. The van der Waals surface area contributed by atoms with Crippen molar-refractivity contribution in [3.8, 4) is 0 Å². The summed E-state index contributed by atoms with van der Waals surface area (Å²) in [5, 5.41) is 10.2. The predicted octanol–water partition coefficient (Wildman–Crippen LogP) is 2.01. The maximum absolute atomic E-state index is 11.2. The minimum Gasteiger partial charge on any atom is -0.478 e. The van der Waals surface area contributed by atoms with Crippen LogP contribution in [0.4, 0.5) is 0 Å². The first-order valence-electron chi connectivity index (χ1n) is 6.79. The van der Waals surface area contributed by atoms with Gasteiger partial charge in [-0.1, -0.05) is 0 Å². The maximum Gasteiger partial charge on any atom is 0.336 e. The summed E-state index contributed by atoms with van der Waals surface area (Å²) in [5.74, 6) is -0.881. The van der Waals surface area contributed by atoms with Gasteiger partial charge in [0.15, 0.2) is 0 Å². The minimum atomic E-state index is -0.881. The quantitative estimate of drug-likeness (QED) is 0.898. The highest BCUT2D eigenvalue weighted by molar-refractivity contribution is 5.95. The number of carboxylic acid groups (broad SMARTS) is 1. The van der Waals surface area contributed by atoms with Crippen LogP contribution in [0, 0.1) is 6.92 Å². The molecule has 1 aromatic heterocycles. The molecule has 0 bridgehead atoms. The number of aromatic amines is 1. The van der Waals surface area contributed by atoms with E-state index in [0.29, 0.717) is 5.56 Å². The zero-order chi connectivity index (χ0) is 14.1. The molecule has 0 radical (unpaired) electrons. The van der Waals surface area contributed by atoms with E-state index in [0.717, 1.165) is 55.0 Å². The Balaban J connectivity index is 1.88. The highest BCUT2D eigenvalue weighted by atomic mass is 16.5. The number of ether oxygens (including phenoxy) is 1. The lowest BCUT2D eigenvalue weighted by Gasteiger charge is -2.25. The molecule has 1 aromatic carbocycles. The van der Waals surface area contributed by atoms with Gasteiger partial charge in [0.05, 0.1) is 18.8 Å². The van der Waals surface area contributed by atoms with Gasteiger partial charge in [-0.15, -0.1) is 0 Å². The average Bonchev–Trinajstić information content (AvgIpc) is 2.79. The number of carbonyl (C=O) groups is 1. The van der Waals surface area contributed by atoms with Crippen molar-refractivity contribution >= 4 is 16.9 Å².